The summed E-state index contributed by atoms with van der Waals surface area (Å²) in [4.78, 5) is 13.0. The van der Waals surface area contributed by atoms with Gasteiger partial charge in [-0.05, 0) is 42.3 Å². The maximum atomic E-state index is 4.71. The van der Waals surface area contributed by atoms with Gasteiger partial charge < -0.3 is 10.6 Å². The zero-order chi connectivity index (χ0) is 16.9. The van der Waals surface area contributed by atoms with E-state index in [9.17, 15) is 0 Å². The van der Waals surface area contributed by atoms with Crippen molar-refractivity contribution in [2.75, 3.05) is 18.4 Å². The summed E-state index contributed by atoms with van der Waals surface area (Å²) in [5.41, 5.74) is 4.72. The van der Waals surface area contributed by atoms with Gasteiger partial charge in [0.1, 0.15) is 11.6 Å². The molecule has 5 heteroatoms. The second-order valence-corrected chi connectivity index (χ2v) is 5.89. The molecule has 0 amide bonds. The first-order valence-corrected chi connectivity index (χ1v) is 8.39. The molecule has 1 aliphatic heterocycles. The fraction of sp³-hybridized carbons (Fsp3) is 0.150. The molecule has 0 fully saturated rings. The third-order valence-electron chi connectivity index (χ3n) is 4.16. The first-order chi connectivity index (χ1) is 12.4. The van der Waals surface area contributed by atoms with E-state index in [0.717, 1.165) is 36.6 Å². The first kappa shape index (κ1) is 15.5. The number of nitrogens with zero attached hydrogens (tertiary/aromatic N) is 3. The van der Waals surface area contributed by atoms with Crippen LogP contribution < -0.4 is 10.6 Å². The smallest absolute Gasteiger partial charge is 0.150 e. The van der Waals surface area contributed by atoms with Crippen LogP contribution in [0.3, 0.4) is 0 Å². The summed E-state index contributed by atoms with van der Waals surface area (Å²) in [7, 11) is 0. The highest BCUT2D eigenvalue weighted by Gasteiger charge is 2.08. The van der Waals surface area contributed by atoms with Crippen molar-refractivity contribution in [3.8, 4) is 11.3 Å². The molecular weight excluding hydrogens is 310 g/mol. The molecule has 0 atom stereocenters. The zero-order valence-corrected chi connectivity index (χ0v) is 13.8. The lowest BCUT2D eigenvalue weighted by atomic mass is 9.97. The number of aromatic nitrogens is 3. The third-order valence-corrected chi connectivity index (χ3v) is 4.16. The van der Waals surface area contributed by atoms with E-state index >= 15 is 0 Å². The van der Waals surface area contributed by atoms with Crippen molar-refractivity contribution in [2.45, 2.75) is 6.42 Å². The molecule has 1 aromatic carbocycles. The number of pyridine rings is 1. The summed E-state index contributed by atoms with van der Waals surface area (Å²) in [5.74, 6) is 1.44. The highest BCUT2D eigenvalue weighted by atomic mass is 15.1. The number of hydrogen-bond acceptors (Lipinski definition) is 5. The Labute approximate surface area is 146 Å². The van der Waals surface area contributed by atoms with Gasteiger partial charge in [0.05, 0.1) is 11.9 Å². The van der Waals surface area contributed by atoms with Crippen molar-refractivity contribution in [1.29, 1.82) is 0 Å². The third kappa shape index (κ3) is 3.72. The van der Waals surface area contributed by atoms with Gasteiger partial charge in [-0.15, -0.1) is 0 Å². The average Bonchev–Trinajstić information content (AvgIpc) is 2.70. The predicted octanol–water partition coefficient (Wildman–Crippen LogP) is 3.66. The van der Waals surface area contributed by atoms with Gasteiger partial charge in [-0.25, -0.2) is 9.97 Å². The van der Waals surface area contributed by atoms with Gasteiger partial charge in [-0.3, -0.25) is 4.98 Å². The van der Waals surface area contributed by atoms with E-state index in [-0.39, 0.29) is 0 Å². The number of hydrogen-bond donors (Lipinski definition) is 2. The van der Waals surface area contributed by atoms with Gasteiger partial charge in [-0.1, -0.05) is 30.3 Å². The van der Waals surface area contributed by atoms with Crippen molar-refractivity contribution in [2.24, 2.45) is 0 Å². The van der Waals surface area contributed by atoms with E-state index in [1.54, 1.807) is 18.6 Å². The highest BCUT2D eigenvalue weighted by molar-refractivity contribution is 5.72. The number of benzene rings is 1. The molecule has 0 spiro atoms. The normalized spacial score (nSPS) is 14.0. The fourth-order valence-electron chi connectivity index (χ4n) is 2.92. The second kappa shape index (κ2) is 7.23. The molecule has 0 bridgehead atoms. The van der Waals surface area contributed by atoms with Gasteiger partial charge in [0.25, 0.3) is 0 Å². The molecule has 1 aliphatic rings. The van der Waals surface area contributed by atoms with Crippen LogP contribution in [0.1, 0.15) is 12.0 Å². The maximum absolute atomic E-state index is 4.71. The molecule has 3 heterocycles. The van der Waals surface area contributed by atoms with Crippen LogP contribution in [0, 0.1) is 0 Å². The van der Waals surface area contributed by atoms with Crippen LogP contribution in [0.25, 0.3) is 16.8 Å². The van der Waals surface area contributed by atoms with E-state index in [1.807, 2.05) is 18.2 Å². The van der Waals surface area contributed by atoms with Crippen LogP contribution in [-0.2, 0) is 0 Å². The van der Waals surface area contributed by atoms with Gasteiger partial charge >= 0.3 is 0 Å². The second-order valence-electron chi connectivity index (χ2n) is 5.89. The summed E-state index contributed by atoms with van der Waals surface area (Å²) < 4.78 is 0. The Morgan fingerprint density at radius 3 is 2.72 bits per heavy atom. The van der Waals surface area contributed by atoms with E-state index in [4.69, 9.17) is 4.98 Å². The molecule has 0 unspecified atom stereocenters. The van der Waals surface area contributed by atoms with Gasteiger partial charge in [0, 0.05) is 24.5 Å². The van der Waals surface area contributed by atoms with Crippen LogP contribution in [0.15, 0.2) is 67.1 Å². The summed E-state index contributed by atoms with van der Waals surface area (Å²) in [5, 5.41) is 6.54. The summed E-state index contributed by atoms with van der Waals surface area (Å²) in [6.45, 7) is 1.97. The lowest BCUT2D eigenvalue weighted by Crippen LogP contribution is -2.19. The Morgan fingerprint density at radius 2 is 1.88 bits per heavy atom. The molecule has 4 rings (SSSR count). The topological polar surface area (TPSA) is 62.7 Å². The van der Waals surface area contributed by atoms with Crippen molar-refractivity contribution in [3.05, 3.63) is 72.7 Å². The van der Waals surface area contributed by atoms with Crippen LogP contribution in [0.4, 0.5) is 11.6 Å². The summed E-state index contributed by atoms with van der Waals surface area (Å²) >= 11 is 0. The van der Waals surface area contributed by atoms with Crippen molar-refractivity contribution < 1.29 is 0 Å². The summed E-state index contributed by atoms with van der Waals surface area (Å²) in [6, 6.07) is 14.5. The molecule has 0 radical (unpaired) electrons. The molecular formula is C20H19N5. The highest BCUT2D eigenvalue weighted by Crippen LogP contribution is 2.26. The zero-order valence-electron chi connectivity index (χ0n) is 13.8. The standard InChI is InChI=1S/C20H19N5/c1-3-16(15-7-9-21-10-8-15)13-17(4-1)18-5-2-6-19(24-18)25-20-14-22-11-12-23-20/h1-7,11-14,21H,8-10H2,(H,23,24,25). The van der Waals surface area contributed by atoms with Gasteiger partial charge in [0.15, 0.2) is 0 Å². The monoisotopic (exact) mass is 329 g/mol. The van der Waals surface area contributed by atoms with Gasteiger partial charge in [0.2, 0.25) is 0 Å². The Kier molecular flexibility index (Phi) is 4.48. The minimum Gasteiger partial charge on any atom is -0.324 e. The van der Waals surface area contributed by atoms with Crippen LogP contribution in [-0.4, -0.2) is 28.0 Å². The van der Waals surface area contributed by atoms with Crippen molar-refractivity contribution >= 4 is 17.2 Å². The molecule has 2 aromatic heterocycles. The number of nitrogens with one attached hydrogen (secondary N) is 2. The Balaban J connectivity index is 1.61. The Hall–Kier alpha value is -3.05. The molecule has 5 nitrogen and oxygen atoms in total. The van der Waals surface area contributed by atoms with E-state index < -0.39 is 0 Å². The molecule has 0 saturated heterocycles. The Morgan fingerprint density at radius 1 is 0.960 bits per heavy atom. The van der Waals surface area contributed by atoms with Crippen LogP contribution >= 0.6 is 0 Å². The fourth-order valence-corrected chi connectivity index (χ4v) is 2.92. The molecule has 0 saturated carbocycles. The minimum atomic E-state index is 0.681. The van der Waals surface area contributed by atoms with Crippen molar-refractivity contribution in [3.63, 3.8) is 0 Å². The predicted molar refractivity (Wildman–Crippen MR) is 100 cm³/mol. The van der Waals surface area contributed by atoms with Crippen LogP contribution in [0.2, 0.25) is 0 Å². The largest absolute Gasteiger partial charge is 0.324 e. The maximum Gasteiger partial charge on any atom is 0.150 e. The number of rotatable bonds is 4. The van der Waals surface area contributed by atoms with Gasteiger partial charge in [-0.2, -0.15) is 0 Å². The molecule has 2 N–H and O–H groups in total. The lowest BCUT2D eigenvalue weighted by Gasteiger charge is -2.15. The average molecular weight is 329 g/mol. The molecule has 124 valence electrons. The van der Waals surface area contributed by atoms with Crippen molar-refractivity contribution in [1.82, 2.24) is 20.3 Å². The van der Waals surface area contributed by atoms with E-state index in [2.05, 4.69) is 50.9 Å². The SMILES string of the molecule is C1=C(c2cccc(-c3cccc(Nc4cnccn4)n3)c2)CCNC1. The minimum absolute atomic E-state index is 0.681. The quantitative estimate of drug-likeness (QED) is 0.765. The lowest BCUT2D eigenvalue weighted by molar-refractivity contribution is 0.738. The summed E-state index contributed by atoms with van der Waals surface area (Å²) in [6.07, 6.45) is 8.31. The molecule has 0 aliphatic carbocycles. The van der Waals surface area contributed by atoms with E-state index in [0.29, 0.717) is 5.82 Å². The molecule has 25 heavy (non-hydrogen) atoms. The molecule has 3 aromatic rings. The van der Waals surface area contributed by atoms with E-state index in [1.165, 1.54) is 11.1 Å². The first-order valence-electron chi connectivity index (χ1n) is 8.39. The number of anilines is 2. The Bertz CT molecular complexity index is 889. The van der Waals surface area contributed by atoms with Crippen LogP contribution in [0.5, 0.6) is 0 Å².